The maximum absolute atomic E-state index is 13.2. The van der Waals surface area contributed by atoms with Crippen LogP contribution in [0.15, 0.2) is 42.5 Å². The Morgan fingerprint density at radius 2 is 1.59 bits per heavy atom. The van der Waals surface area contributed by atoms with Gasteiger partial charge in [-0.1, -0.05) is 53.6 Å². The third kappa shape index (κ3) is 6.58. The molecule has 3 nitrogen and oxygen atoms in total. The number of rotatable bonds is 6. The number of quaternary nitrogens is 1. The minimum Gasteiger partial charge on any atom is -0.314 e. The average Bonchev–Trinajstić information content (AvgIpc) is 2.90. The molecule has 0 atom stereocenters. The van der Waals surface area contributed by atoms with Crippen molar-refractivity contribution in [3.05, 3.63) is 76.1 Å². The SMILES string of the molecule is [C-]#[N+]c1cc(C)c(CC(=O)C[N+]2(Cc3ccccc3)CCCCCC2)c(C)c1.[Y]. The standard InChI is InChI=1S/C25H31N2O.Y/c1-20-15-23(26-3)16-21(2)25(20)17-24(28)19-27(13-9-4-5-10-14-27)18-22-11-7-6-8-12-22;/h6-8,11-12,15-16H,4-5,9-10,13-14,17-19H2,1-2H3;/q+1;. The summed E-state index contributed by atoms with van der Waals surface area (Å²) in [6.45, 7) is 15.0. The molecule has 149 valence electrons. The number of carbonyl (C=O) groups is 1. The summed E-state index contributed by atoms with van der Waals surface area (Å²) in [4.78, 5) is 16.7. The van der Waals surface area contributed by atoms with E-state index in [0.717, 1.165) is 40.8 Å². The molecule has 1 heterocycles. The molecule has 0 aliphatic carbocycles. The molecule has 1 aliphatic heterocycles. The first-order valence-corrected chi connectivity index (χ1v) is 10.4. The normalized spacial score (nSPS) is 15.6. The van der Waals surface area contributed by atoms with Crippen LogP contribution >= 0.6 is 0 Å². The molecule has 1 saturated heterocycles. The zero-order chi connectivity index (χ0) is 20.0. The largest absolute Gasteiger partial charge is 0.314 e. The van der Waals surface area contributed by atoms with Crippen molar-refractivity contribution in [1.29, 1.82) is 0 Å². The number of benzene rings is 2. The second-order valence-electron chi connectivity index (χ2n) is 8.39. The van der Waals surface area contributed by atoms with E-state index < -0.39 is 0 Å². The summed E-state index contributed by atoms with van der Waals surface area (Å²) in [6.07, 6.45) is 5.44. The van der Waals surface area contributed by atoms with Crippen molar-refractivity contribution in [3.8, 4) is 0 Å². The van der Waals surface area contributed by atoms with Crippen LogP contribution in [-0.2, 0) is 50.5 Å². The first-order valence-electron chi connectivity index (χ1n) is 10.4. The van der Waals surface area contributed by atoms with Gasteiger partial charge in [0.2, 0.25) is 0 Å². The summed E-state index contributed by atoms with van der Waals surface area (Å²) >= 11 is 0. The maximum Gasteiger partial charge on any atom is 0.191 e. The Bertz CT molecular complexity index is 839. The van der Waals surface area contributed by atoms with Gasteiger partial charge in [-0.15, -0.1) is 0 Å². The maximum atomic E-state index is 13.2. The Morgan fingerprint density at radius 3 is 2.14 bits per heavy atom. The molecule has 1 radical (unpaired) electrons. The van der Waals surface area contributed by atoms with Gasteiger partial charge in [0, 0.05) is 44.7 Å². The van der Waals surface area contributed by atoms with Crippen molar-refractivity contribution in [2.45, 2.75) is 52.5 Å². The van der Waals surface area contributed by atoms with Crippen LogP contribution in [0.3, 0.4) is 0 Å². The van der Waals surface area contributed by atoms with Crippen molar-refractivity contribution in [3.63, 3.8) is 0 Å². The van der Waals surface area contributed by atoms with E-state index in [4.69, 9.17) is 6.57 Å². The Hall–Kier alpha value is -1.34. The summed E-state index contributed by atoms with van der Waals surface area (Å²) < 4.78 is 0.890. The summed E-state index contributed by atoms with van der Waals surface area (Å²) in [5, 5.41) is 0. The third-order valence-electron chi connectivity index (χ3n) is 6.07. The molecule has 3 rings (SSSR count). The van der Waals surface area contributed by atoms with Gasteiger partial charge in [0.05, 0.1) is 19.7 Å². The first-order chi connectivity index (χ1) is 13.5. The van der Waals surface area contributed by atoms with E-state index in [1.807, 2.05) is 26.0 Å². The molecule has 0 spiro atoms. The molecule has 0 saturated carbocycles. The van der Waals surface area contributed by atoms with E-state index >= 15 is 0 Å². The fraction of sp³-hybridized carbons (Fsp3) is 0.440. The van der Waals surface area contributed by atoms with Gasteiger partial charge in [-0.2, -0.15) is 0 Å². The molecule has 0 bridgehead atoms. The molecule has 2 aromatic rings. The number of nitrogens with zero attached hydrogens (tertiary/aromatic N) is 2. The number of Topliss-reactive ketones (excluding diaryl/α,β-unsaturated/α-hetero) is 1. The molecule has 0 N–H and O–H groups in total. The smallest absolute Gasteiger partial charge is 0.191 e. The summed E-state index contributed by atoms with van der Waals surface area (Å²) in [6, 6.07) is 14.4. The van der Waals surface area contributed by atoms with E-state index in [9.17, 15) is 4.79 Å². The van der Waals surface area contributed by atoms with Crippen LogP contribution in [0.1, 0.15) is 47.9 Å². The van der Waals surface area contributed by atoms with E-state index in [1.165, 1.54) is 31.2 Å². The van der Waals surface area contributed by atoms with E-state index in [1.54, 1.807) is 0 Å². The number of hydrogen-bond donors (Lipinski definition) is 0. The Morgan fingerprint density at radius 1 is 1.00 bits per heavy atom. The minimum atomic E-state index is 0. The molecular weight excluding hydrogens is 433 g/mol. The average molecular weight is 464 g/mol. The second-order valence-corrected chi connectivity index (χ2v) is 8.39. The number of likely N-dealkylation sites (tertiary alicyclic amines) is 1. The van der Waals surface area contributed by atoms with Crippen molar-refractivity contribution < 1.29 is 42.0 Å². The van der Waals surface area contributed by atoms with Crippen LogP contribution < -0.4 is 0 Å². The monoisotopic (exact) mass is 464 g/mol. The van der Waals surface area contributed by atoms with Crippen LogP contribution in [0.25, 0.3) is 4.85 Å². The summed E-state index contributed by atoms with van der Waals surface area (Å²) in [5.41, 5.74) is 5.21. The number of ketones is 1. The zero-order valence-electron chi connectivity index (χ0n) is 17.8. The van der Waals surface area contributed by atoms with E-state index in [0.29, 0.717) is 24.4 Å². The van der Waals surface area contributed by atoms with Gasteiger partial charge in [0.15, 0.2) is 11.5 Å². The van der Waals surface area contributed by atoms with Crippen molar-refractivity contribution >= 4 is 11.5 Å². The van der Waals surface area contributed by atoms with E-state index in [-0.39, 0.29) is 32.7 Å². The molecule has 0 amide bonds. The second kappa shape index (κ2) is 11.2. The van der Waals surface area contributed by atoms with Crippen LogP contribution in [0.2, 0.25) is 0 Å². The predicted octanol–water partition coefficient (Wildman–Crippen LogP) is 5.55. The molecule has 2 aromatic carbocycles. The topological polar surface area (TPSA) is 21.4 Å². The number of aryl methyl sites for hydroxylation is 2. The van der Waals surface area contributed by atoms with Crippen LogP contribution in [0, 0.1) is 20.4 Å². The predicted molar refractivity (Wildman–Crippen MR) is 114 cm³/mol. The molecule has 1 aliphatic rings. The molecular formula is C25H31N2OY+. The van der Waals surface area contributed by atoms with E-state index in [2.05, 4.69) is 35.2 Å². The van der Waals surface area contributed by atoms with Gasteiger partial charge in [0.25, 0.3) is 0 Å². The van der Waals surface area contributed by atoms with Crippen LogP contribution in [-0.4, -0.2) is 29.9 Å². The van der Waals surface area contributed by atoms with Gasteiger partial charge in [0.1, 0.15) is 13.1 Å². The summed E-state index contributed by atoms with van der Waals surface area (Å²) in [7, 11) is 0. The molecule has 0 unspecified atom stereocenters. The van der Waals surface area contributed by atoms with Crippen LogP contribution in [0.5, 0.6) is 0 Å². The Balaban J connectivity index is 0.00000300. The van der Waals surface area contributed by atoms with Crippen LogP contribution in [0.4, 0.5) is 5.69 Å². The van der Waals surface area contributed by atoms with Crippen molar-refractivity contribution in [1.82, 2.24) is 0 Å². The molecule has 0 aromatic heterocycles. The minimum absolute atomic E-state index is 0. The number of carbonyl (C=O) groups excluding carboxylic acids is 1. The van der Waals surface area contributed by atoms with Gasteiger partial charge in [-0.3, -0.25) is 4.79 Å². The Labute approximate surface area is 200 Å². The Kier molecular flexibility index (Phi) is 9.21. The quantitative estimate of drug-likeness (QED) is 0.406. The van der Waals surface area contributed by atoms with Gasteiger partial charge in [-0.25, -0.2) is 4.85 Å². The summed E-state index contributed by atoms with van der Waals surface area (Å²) in [5.74, 6) is 0.319. The van der Waals surface area contributed by atoms with Gasteiger partial charge in [-0.05, 0) is 45.1 Å². The van der Waals surface area contributed by atoms with Crippen molar-refractivity contribution in [2.75, 3.05) is 19.6 Å². The molecule has 1 fully saturated rings. The molecule has 4 heteroatoms. The van der Waals surface area contributed by atoms with Gasteiger partial charge >= 0.3 is 0 Å². The third-order valence-corrected chi connectivity index (χ3v) is 6.07. The first kappa shape index (κ1) is 23.9. The zero-order valence-corrected chi connectivity index (χ0v) is 20.6. The fourth-order valence-corrected chi connectivity index (χ4v) is 4.64. The van der Waals surface area contributed by atoms with Crippen molar-refractivity contribution in [2.24, 2.45) is 0 Å². The number of hydrogen-bond acceptors (Lipinski definition) is 1. The van der Waals surface area contributed by atoms with Gasteiger partial charge < -0.3 is 4.48 Å². The fourth-order valence-electron chi connectivity index (χ4n) is 4.64. The molecule has 29 heavy (non-hydrogen) atoms.